The SMILES string of the molecule is CN=C(NCCCc1nc(C)no1)N1CCC(C)C(n2ccnc2)C1.I. The maximum atomic E-state index is 5.14. The number of hydrogen-bond donors (Lipinski definition) is 1. The molecule has 8 nitrogen and oxygen atoms in total. The zero-order valence-electron chi connectivity index (χ0n) is 15.6. The molecule has 0 amide bonds. The van der Waals surface area contributed by atoms with Gasteiger partial charge in [-0.05, 0) is 25.7 Å². The number of aliphatic imine (C=N–C) groups is 1. The zero-order chi connectivity index (χ0) is 17.6. The predicted molar refractivity (Wildman–Crippen MR) is 111 cm³/mol. The van der Waals surface area contributed by atoms with E-state index in [2.05, 4.69) is 41.8 Å². The molecular formula is C17H28IN7O. The van der Waals surface area contributed by atoms with Gasteiger partial charge in [0.1, 0.15) is 0 Å². The number of nitrogens with one attached hydrogen (secondary N) is 1. The second kappa shape index (κ2) is 9.89. The number of guanidine groups is 1. The van der Waals surface area contributed by atoms with Gasteiger partial charge >= 0.3 is 0 Å². The molecule has 1 fully saturated rings. The molecule has 2 aromatic rings. The van der Waals surface area contributed by atoms with E-state index in [0.717, 1.165) is 44.9 Å². The van der Waals surface area contributed by atoms with Crippen LogP contribution >= 0.6 is 24.0 Å². The molecule has 9 heteroatoms. The highest BCUT2D eigenvalue weighted by Crippen LogP contribution is 2.27. The monoisotopic (exact) mass is 473 g/mol. The fourth-order valence-corrected chi connectivity index (χ4v) is 3.31. The molecule has 0 radical (unpaired) electrons. The fraction of sp³-hybridized carbons (Fsp3) is 0.647. The van der Waals surface area contributed by atoms with Crippen molar-refractivity contribution in [2.75, 3.05) is 26.7 Å². The smallest absolute Gasteiger partial charge is 0.226 e. The molecule has 0 bridgehead atoms. The molecule has 0 aromatic carbocycles. The summed E-state index contributed by atoms with van der Waals surface area (Å²) >= 11 is 0. The third-order valence-electron chi connectivity index (χ3n) is 4.76. The van der Waals surface area contributed by atoms with Crippen LogP contribution in [-0.4, -0.2) is 57.2 Å². The van der Waals surface area contributed by atoms with E-state index in [9.17, 15) is 0 Å². The Bertz CT molecular complexity index is 685. The lowest BCUT2D eigenvalue weighted by molar-refractivity contribution is 0.189. The van der Waals surface area contributed by atoms with E-state index in [0.29, 0.717) is 23.7 Å². The number of halogens is 1. The van der Waals surface area contributed by atoms with E-state index in [1.54, 1.807) is 0 Å². The molecule has 1 aliphatic heterocycles. The van der Waals surface area contributed by atoms with Crippen molar-refractivity contribution in [2.45, 2.75) is 39.2 Å². The molecule has 0 spiro atoms. The minimum atomic E-state index is 0. The van der Waals surface area contributed by atoms with Crippen LogP contribution in [0, 0.1) is 12.8 Å². The second-order valence-electron chi connectivity index (χ2n) is 6.60. The number of aryl methyl sites for hydroxylation is 2. The molecule has 26 heavy (non-hydrogen) atoms. The van der Waals surface area contributed by atoms with Crippen LogP contribution in [0.15, 0.2) is 28.2 Å². The van der Waals surface area contributed by atoms with Crippen LogP contribution in [0.4, 0.5) is 0 Å². The fourth-order valence-electron chi connectivity index (χ4n) is 3.31. The molecule has 0 saturated carbocycles. The molecule has 2 aromatic heterocycles. The van der Waals surface area contributed by atoms with E-state index in [-0.39, 0.29) is 24.0 Å². The maximum absolute atomic E-state index is 5.14. The van der Waals surface area contributed by atoms with Gasteiger partial charge in [0.2, 0.25) is 5.89 Å². The second-order valence-corrected chi connectivity index (χ2v) is 6.60. The standard InChI is InChI=1S/C17H27N7O.HI/c1-13-6-9-23(11-15(13)24-10-8-19-12-24)17(18-3)20-7-4-5-16-21-14(2)22-25-16;/h8,10,12-13,15H,4-7,9,11H2,1-3H3,(H,18,20);1H. The van der Waals surface area contributed by atoms with Gasteiger partial charge in [-0.25, -0.2) is 4.98 Å². The first-order chi connectivity index (χ1) is 12.2. The highest BCUT2D eigenvalue weighted by atomic mass is 127. The van der Waals surface area contributed by atoms with E-state index >= 15 is 0 Å². The first kappa shape index (κ1) is 20.7. The van der Waals surface area contributed by atoms with Crippen LogP contribution in [0.3, 0.4) is 0 Å². The number of rotatable bonds is 5. The van der Waals surface area contributed by atoms with Crippen molar-refractivity contribution in [1.29, 1.82) is 0 Å². The van der Waals surface area contributed by atoms with Crippen LogP contribution in [0.25, 0.3) is 0 Å². The number of aromatic nitrogens is 4. The van der Waals surface area contributed by atoms with Crippen LogP contribution in [0.2, 0.25) is 0 Å². The van der Waals surface area contributed by atoms with E-state index in [1.165, 1.54) is 0 Å². The van der Waals surface area contributed by atoms with Crippen molar-refractivity contribution in [3.8, 4) is 0 Å². The lowest BCUT2D eigenvalue weighted by Gasteiger charge is -2.39. The lowest BCUT2D eigenvalue weighted by atomic mass is 9.93. The van der Waals surface area contributed by atoms with Gasteiger partial charge < -0.3 is 19.3 Å². The first-order valence-electron chi connectivity index (χ1n) is 8.89. The average molecular weight is 473 g/mol. The number of likely N-dealkylation sites (tertiary alicyclic amines) is 1. The Hall–Kier alpha value is -1.65. The van der Waals surface area contributed by atoms with Crippen molar-refractivity contribution in [3.05, 3.63) is 30.4 Å². The van der Waals surface area contributed by atoms with Gasteiger partial charge in [-0.2, -0.15) is 4.98 Å². The van der Waals surface area contributed by atoms with Crippen LogP contribution in [-0.2, 0) is 6.42 Å². The molecule has 2 atom stereocenters. The third kappa shape index (κ3) is 5.18. The summed E-state index contributed by atoms with van der Waals surface area (Å²) in [6.07, 6.45) is 8.65. The average Bonchev–Trinajstić information content (AvgIpc) is 3.28. The van der Waals surface area contributed by atoms with Gasteiger partial charge in [0.15, 0.2) is 11.8 Å². The number of hydrogen-bond acceptors (Lipinski definition) is 5. The minimum Gasteiger partial charge on any atom is -0.356 e. The van der Waals surface area contributed by atoms with E-state index in [1.807, 2.05) is 32.7 Å². The van der Waals surface area contributed by atoms with Crippen molar-refractivity contribution in [2.24, 2.45) is 10.9 Å². The predicted octanol–water partition coefficient (Wildman–Crippen LogP) is 2.28. The van der Waals surface area contributed by atoms with Crippen LogP contribution in [0.5, 0.6) is 0 Å². The molecule has 144 valence electrons. The molecule has 3 heterocycles. The molecule has 3 rings (SSSR count). The molecule has 1 saturated heterocycles. The van der Waals surface area contributed by atoms with Crippen molar-refractivity contribution in [1.82, 2.24) is 29.9 Å². The lowest BCUT2D eigenvalue weighted by Crippen LogP contribution is -2.49. The summed E-state index contributed by atoms with van der Waals surface area (Å²) in [4.78, 5) is 15.2. The summed E-state index contributed by atoms with van der Waals surface area (Å²) < 4.78 is 7.35. The first-order valence-corrected chi connectivity index (χ1v) is 8.89. The third-order valence-corrected chi connectivity index (χ3v) is 4.76. The zero-order valence-corrected chi connectivity index (χ0v) is 18.0. The Morgan fingerprint density at radius 2 is 2.31 bits per heavy atom. The van der Waals surface area contributed by atoms with Crippen molar-refractivity contribution in [3.63, 3.8) is 0 Å². The summed E-state index contributed by atoms with van der Waals surface area (Å²) in [6.45, 7) is 6.94. The van der Waals surface area contributed by atoms with Crippen LogP contribution < -0.4 is 5.32 Å². The highest BCUT2D eigenvalue weighted by Gasteiger charge is 2.28. The molecule has 2 unspecified atom stereocenters. The van der Waals surface area contributed by atoms with Crippen LogP contribution in [0.1, 0.15) is 37.5 Å². The summed E-state index contributed by atoms with van der Waals surface area (Å²) in [6, 6.07) is 0.427. The number of piperidine rings is 1. The molecule has 1 aliphatic rings. The van der Waals surface area contributed by atoms with E-state index in [4.69, 9.17) is 4.52 Å². The number of imidazole rings is 1. The van der Waals surface area contributed by atoms with Gasteiger partial charge in [0.25, 0.3) is 0 Å². The van der Waals surface area contributed by atoms with Crippen molar-refractivity contribution < 1.29 is 4.52 Å². The van der Waals surface area contributed by atoms with Crippen molar-refractivity contribution >= 4 is 29.9 Å². The molecule has 0 aliphatic carbocycles. The van der Waals surface area contributed by atoms with Gasteiger partial charge in [-0.1, -0.05) is 12.1 Å². The minimum absolute atomic E-state index is 0. The Morgan fingerprint density at radius 1 is 1.46 bits per heavy atom. The van der Waals surface area contributed by atoms with E-state index < -0.39 is 0 Å². The normalized spacial score (nSPS) is 20.7. The topological polar surface area (TPSA) is 84.4 Å². The maximum Gasteiger partial charge on any atom is 0.226 e. The molecular weight excluding hydrogens is 445 g/mol. The number of nitrogens with zero attached hydrogens (tertiary/aromatic N) is 6. The molecule has 1 N–H and O–H groups in total. The summed E-state index contributed by atoms with van der Waals surface area (Å²) in [5, 5.41) is 7.27. The summed E-state index contributed by atoms with van der Waals surface area (Å²) in [5.41, 5.74) is 0. The van der Waals surface area contributed by atoms with Gasteiger partial charge in [0.05, 0.1) is 12.4 Å². The summed E-state index contributed by atoms with van der Waals surface area (Å²) in [7, 11) is 1.84. The Morgan fingerprint density at radius 3 is 2.96 bits per heavy atom. The van der Waals surface area contributed by atoms with Gasteiger partial charge in [-0.3, -0.25) is 4.99 Å². The van der Waals surface area contributed by atoms with Gasteiger partial charge in [-0.15, -0.1) is 24.0 Å². The Kier molecular flexibility index (Phi) is 7.85. The quantitative estimate of drug-likeness (QED) is 0.311. The Balaban J connectivity index is 0.00000243. The van der Waals surface area contributed by atoms with Gasteiger partial charge in [0, 0.05) is 45.5 Å². The Labute approximate surface area is 171 Å². The largest absolute Gasteiger partial charge is 0.356 e. The highest BCUT2D eigenvalue weighted by molar-refractivity contribution is 14.0. The summed E-state index contributed by atoms with van der Waals surface area (Å²) in [5.74, 6) is 2.97.